The maximum absolute atomic E-state index is 12.9. The van der Waals surface area contributed by atoms with Crippen LogP contribution in [0.4, 0.5) is 4.79 Å². The monoisotopic (exact) mass is 629 g/mol. The number of carbonyl (C=O) groups is 1. The van der Waals surface area contributed by atoms with Crippen molar-refractivity contribution in [1.29, 1.82) is 0 Å². The van der Waals surface area contributed by atoms with Gasteiger partial charge in [-0.1, -0.05) is 57.5 Å². The number of nitrogens with one attached hydrogen (secondary N) is 1. The van der Waals surface area contributed by atoms with Crippen LogP contribution in [0.5, 0.6) is 0 Å². The second-order valence-electron chi connectivity index (χ2n) is 14.2. The molecule has 2 aromatic rings. The number of benzene rings is 1. The van der Waals surface area contributed by atoms with Crippen LogP contribution in [0.3, 0.4) is 0 Å². The zero-order valence-corrected chi connectivity index (χ0v) is 27.2. The molecule has 0 spiro atoms. The average molecular weight is 630 g/mol. The molecule has 0 aliphatic heterocycles. The number of fused-ring (bicyclic) bond motifs is 5. The summed E-state index contributed by atoms with van der Waals surface area (Å²) >= 11 is 1.12. The standard InChI is InChI=1S/C34H47NO6S2/c1-4-24-27-20-23(36)14-17-34(27,3)26-15-18-33(2)22(10-11-25(33)30(26)31(24)37)16-19-41-32(38)35-43(39,40)29-13-12-28(42-29)21-8-6-5-7-9-21/h5-9,12-13,22-27,30-31,36-37H,4,10-11,14-20H2,1-3H3,(H,35,38)/t22-,23-,24-,25+,26+,27+,30+,31-,33-,34-/m1/s1. The zero-order valence-electron chi connectivity index (χ0n) is 25.6. The third kappa shape index (κ3) is 5.46. The summed E-state index contributed by atoms with van der Waals surface area (Å²) in [6, 6.07) is 12.8. The summed E-state index contributed by atoms with van der Waals surface area (Å²) in [6.45, 7) is 7.19. The van der Waals surface area contributed by atoms with E-state index in [2.05, 4.69) is 25.5 Å². The molecule has 43 heavy (non-hydrogen) atoms. The number of aliphatic hydroxyl groups excluding tert-OH is 2. The molecule has 0 radical (unpaired) electrons. The summed E-state index contributed by atoms with van der Waals surface area (Å²) in [4.78, 5) is 13.4. The molecule has 4 fully saturated rings. The molecular weight excluding hydrogens is 583 g/mol. The van der Waals surface area contributed by atoms with Gasteiger partial charge in [-0.2, -0.15) is 0 Å². The van der Waals surface area contributed by atoms with Crippen LogP contribution in [-0.4, -0.2) is 43.5 Å². The minimum absolute atomic E-state index is 0.0640. The minimum Gasteiger partial charge on any atom is -0.449 e. The van der Waals surface area contributed by atoms with Gasteiger partial charge in [-0.3, -0.25) is 0 Å². The predicted octanol–water partition coefficient (Wildman–Crippen LogP) is 6.85. The van der Waals surface area contributed by atoms with Crippen LogP contribution in [0.15, 0.2) is 46.7 Å². The van der Waals surface area contributed by atoms with Gasteiger partial charge in [0.15, 0.2) is 0 Å². The summed E-state index contributed by atoms with van der Waals surface area (Å²) in [6.07, 6.45) is 7.12. The van der Waals surface area contributed by atoms with Crippen molar-refractivity contribution in [2.45, 2.75) is 95.0 Å². The van der Waals surface area contributed by atoms with Crippen molar-refractivity contribution in [2.24, 2.45) is 46.3 Å². The fourth-order valence-corrected chi connectivity index (χ4v) is 12.4. The molecule has 0 unspecified atom stereocenters. The Morgan fingerprint density at radius 2 is 1.70 bits per heavy atom. The molecule has 10 atom stereocenters. The summed E-state index contributed by atoms with van der Waals surface area (Å²) in [5, 5.41) is 22.4. The SMILES string of the molecule is CC[C@H]1[C@@H](O)[C@@H]2[C@H](CC[C@]3(C)[C@@H](CCOC(=O)NS(=O)(=O)c4ccc(-c5ccccc5)s4)CC[C@@H]23)[C@@]2(C)CC[C@@H](O)C[C@@H]12. The lowest BCUT2D eigenvalue weighted by Crippen LogP contribution is -2.62. The van der Waals surface area contributed by atoms with Gasteiger partial charge in [0.1, 0.15) is 4.21 Å². The highest BCUT2D eigenvalue weighted by Crippen LogP contribution is 2.69. The van der Waals surface area contributed by atoms with Crippen molar-refractivity contribution in [3.63, 3.8) is 0 Å². The van der Waals surface area contributed by atoms with E-state index in [4.69, 9.17) is 4.74 Å². The van der Waals surface area contributed by atoms with Crippen LogP contribution in [0, 0.1) is 46.3 Å². The average Bonchev–Trinajstić information content (AvgIpc) is 3.61. The Hall–Kier alpha value is -1.94. The van der Waals surface area contributed by atoms with Gasteiger partial charge in [-0.15, -0.1) is 11.3 Å². The van der Waals surface area contributed by atoms with E-state index in [9.17, 15) is 23.4 Å². The van der Waals surface area contributed by atoms with E-state index in [1.165, 1.54) is 6.07 Å². The Bertz CT molecular complexity index is 1410. The Morgan fingerprint density at radius 1 is 0.977 bits per heavy atom. The molecule has 1 aromatic carbocycles. The Balaban J connectivity index is 1.07. The molecule has 4 aliphatic carbocycles. The molecule has 7 nitrogen and oxygen atoms in total. The summed E-state index contributed by atoms with van der Waals surface area (Å²) < 4.78 is 33.3. The number of thiophene rings is 1. The van der Waals surface area contributed by atoms with Crippen LogP contribution in [0.2, 0.25) is 0 Å². The second-order valence-corrected chi connectivity index (χ2v) is 17.2. The number of hydrogen-bond acceptors (Lipinski definition) is 7. The van der Waals surface area contributed by atoms with Gasteiger partial charge in [0.05, 0.1) is 18.8 Å². The maximum atomic E-state index is 12.9. The number of sulfonamides is 1. The number of hydrogen-bond donors (Lipinski definition) is 3. The lowest BCUT2D eigenvalue weighted by Gasteiger charge is -2.64. The molecule has 4 saturated carbocycles. The van der Waals surface area contributed by atoms with Gasteiger partial charge in [0.2, 0.25) is 0 Å². The van der Waals surface area contributed by atoms with Crippen molar-refractivity contribution in [3.8, 4) is 10.4 Å². The molecule has 6 rings (SSSR count). The highest BCUT2D eigenvalue weighted by Gasteiger charge is 2.64. The topological polar surface area (TPSA) is 113 Å². The maximum Gasteiger partial charge on any atom is 0.421 e. The molecular formula is C34H47NO6S2. The lowest BCUT2D eigenvalue weighted by molar-refractivity contribution is -0.202. The highest BCUT2D eigenvalue weighted by atomic mass is 32.2. The summed E-state index contributed by atoms with van der Waals surface area (Å²) in [5.74, 6) is 2.14. The highest BCUT2D eigenvalue weighted by molar-refractivity contribution is 7.92. The second kappa shape index (κ2) is 11.8. The molecule has 3 N–H and O–H groups in total. The molecule has 4 aliphatic rings. The van der Waals surface area contributed by atoms with Crippen LogP contribution in [0.25, 0.3) is 10.4 Å². The molecule has 1 amide bonds. The van der Waals surface area contributed by atoms with Gasteiger partial charge in [0.25, 0.3) is 10.0 Å². The van der Waals surface area contributed by atoms with Crippen molar-refractivity contribution in [2.75, 3.05) is 6.61 Å². The molecule has 236 valence electrons. The van der Waals surface area contributed by atoms with Gasteiger partial charge >= 0.3 is 6.09 Å². The van der Waals surface area contributed by atoms with E-state index >= 15 is 0 Å². The first-order valence-corrected chi connectivity index (χ1v) is 18.5. The van der Waals surface area contributed by atoms with E-state index < -0.39 is 16.1 Å². The number of rotatable bonds is 7. The van der Waals surface area contributed by atoms with Gasteiger partial charge in [-0.05, 0) is 115 Å². The van der Waals surface area contributed by atoms with Crippen LogP contribution in [0.1, 0.15) is 78.6 Å². The first-order chi connectivity index (χ1) is 20.5. The molecule has 0 saturated heterocycles. The van der Waals surface area contributed by atoms with E-state index in [1.807, 2.05) is 30.3 Å². The van der Waals surface area contributed by atoms with E-state index in [1.54, 1.807) is 6.07 Å². The van der Waals surface area contributed by atoms with E-state index in [0.717, 1.165) is 73.1 Å². The van der Waals surface area contributed by atoms with Crippen LogP contribution >= 0.6 is 11.3 Å². The smallest absolute Gasteiger partial charge is 0.421 e. The number of carbonyl (C=O) groups excluding carboxylic acids is 1. The van der Waals surface area contributed by atoms with Crippen molar-refractivity contribution in [1.82, 2.24) is 4.72 Å². The summed E-state index contributed by atoms with van der Waals surface area (Å²) in [5.41, 5.74) is 1.15. The zero-order chi connectivity index (χ0) is 30.6. The lowest BCUT2D eigenvalue weighted by atomic mass is 9.41. The van der Waals surface area contributed by atoms with Crippen LogP contribution < -0.4 is 4.72 Å². The predicted molar refractivity (Wildman–Crippen MR) is 168 cm³/mol. The Morgan fingerprint density at radius 3 is 2.44 bits per heavy atom. The van der Waals surface area contributed by atoms with Crippen molar-refractivity contribution < 1.29 is 28.2 Å². The third-order valence-electron chi connectivity index (χ3n) is 12.4. The van der Waals surface area contributed by atoms with Gasteiger partial charge < -0.3 is 14.9 Å². The fraction of sp³-hybridized carbons (Fsp3) is 0.676. The molecule has 9 heteroatoms. The first-order valence-electron chi connectivity index (χ1n) is 16.2. The third-order valence-corrected chi connectivity index (χ3v) is 15.3. The van der Waals surface area contributed by atoms with E-state index in [-0.39, 0.29) is 45.7 Å². The molecule has 0 bridgehead atoms. The van der Waals surface area contributed by atoms with Gasteiger partial charge in [-0.25, -0.2) is 17.9 Å². The fourth-order valence-electron chi connectivity index (χ4n) is 10.2. The number of ether oxygens (including phenoxy) is 1. The number of amides is 1. The Kier molecular flexibility index (Phi) is 8.50. The first kappa shape index (κ1) is 31.1. The van der Waals surface area contributed by atoms with Crippen LogP contribution in [-0.2, 0) is 14.8 Å². The largest absolute Gasteiger partial charge is 0.449 e. The van der Waals surface area contributed by atoms with Gasteiger partial charge in [0, 0.05) is 4.88 Å². The number of aliphatic hydroxyl groups is 2. The minimum atomic E-state index is -4.02. The quantitative estimate of drug-likeness (QED) is 0.309. The van der Waals surface area contributed by atoms with Crippen molar-refractivity contribution >= 4 is 27.5 Å². The molecule has 1 heterocycles. The summed E-state index contributed by atoms with van der Waals surface area (Å²) in [7, 11) is -4.02. The Labute approximate surface area is 260 Å². The van der Waals surface area contributed by atoms with E-state index in [0.29, 0.717) is 30.1 Å². The van der Waals surface area contributed by atoms with Crippen molar-refractivity contribution in [3.05, 3.63) is 42.5 Å². The normalized spacial score (nSPS) is 38.9. The molecule has 1 aromatic heterocycles.